The summed E-state index contributed by atoms with van der Waals surface area (Å²) in [6, 6.07) is 0.267. The van der Waals surface area contributed by atoms with Gasteiger partial charge in [-0.05, 0) is 14.0 Å². The van der Waals surface area contributed by atoms with Crippen LogP contribution in [0.4, 0.5) is 0 Å². The minimum atomic E-state index is 0.267. The fourth-order valence-corrected chi connectivity index (χ4v) is 1.01. The third kappa shape index (κ3) is 1.53. The maximum Gasteiger partial charge on any atom is 0.0381 e. The van der Waals surface area contributed by atoms with Crippen LogP contribution in [0.25, 0.3) is 0 Å². The van der Waals surface area contributed by atoms with Crippen LogP contribution in [0.3, 0.4) is 0 Å². The van der Waals surface area contributed by atoms with Crippen molar-refractivity contribution >= 4 is 0 Å². The highest BCUT2D eigenvalue weighted by molar-refractivity contribution is 5.11. The maximum atomic E-state index is 5.76. The summed E-state index contributed by atoms with van der Waals surface area (Å²) >= 11 is 0. The Labute approximate surface area is 56.3 Å². The molecule has 2 N–H and O–H groups in total. The molecule has 0 aromatic heterocycles. The monoisotopic (exact) mass is 126 g/mol. The molecule has 0 fully saturated rings. The first-order valence-electron chi connectivity index (χ1n) is 3.31. The van der Waals surface area contributed by atoms with Crippen molar-refractivity contribution in [1.29, 1.82) is 0 Å². The number of hydrogen-bond acceptors (Lipinski definition) is 2. The van der Waals surface area contributed by atoms with Crippen molar-refractivity contribution < 1.29 is 0 Å². The van der Waals surface area contributed by atoms with E-state index in [9.17, 15) is 0 Å². The Bertz CT molecular complexity index is 129. The van der Waals surface area contributed by atoms with E-state index in [1.807, 2.05) is 0 Å². The molecule has 52 valence electrons. The van der Waals surface area contributed by atoms with Gasteiger partial charge in [0.25, 0.3) is 0 Å². The molecule has 2 nitrogen and oxygen atoms in total. The van der Waals surface area contributed by atoms with Gasteiger partial charge >= 0.3 is 0 Å². The van der Waals surface area contributed by atoms with Crippen LogP contribution < -0.4 is 5.73 Å². The lowest BCUT2D eigenvalue weighted by Crippen LogP contribution is -2.39. The van der Waals surface area contributed by atoms with E-state index in [2.05, 4.69) is 24.9 Å². The van der Waals surface area contributed by atoms with Crippen molar-refractivity contribution in [3.63, 3.8) is 0 Å². The molecular formula is C7H14N2. The summed E-state index contributed by atoms with van der Waals surface area (Å²) in [6.07, 6.45) is 2.19. The highest BCUT2D eigenvalue weighted by Gasteiger charge is 2.11. The molecule has 0 aliphatic carbocycles. The molecule has 1 rings (SSSR count). The van der Waals surface area contributed by atoms with Crippen molar-refractivity contribution in [1.82, 2.24) is 4.90 Å². The number of nitrogens with zero attached hydrogens (tertiary/aromatic N) is 1. The summed E-state index contributed by atoms with van der Waals surface area (Å²) in [5.74, 6) is 0. The summed E-state index contributed by atoms with van der Waals surface area (Å²) in [4.78, 5) is 2.22. The minimum absolute atomic E-state index is 0.267. The lowest BCUT2D eigenvalue weighted by molar-refractivity contribution is 0.338. The fraction of sp³-hybridized carbons (Fsp3) is 0.714. The molecule has 0 spiro atoms. The Morgan fingerprint density at radius 2 is 2.44 bits per heavy atom. The molecule has 0 aromatic rings. The smallest absolute Gasteiger partial charge is 0.0381 e. The number of rotatable bonds is 0. The van der Waals surface area contributed by atoms with Crippen molar-refractivity contribution in [2.45, 2.75) is 13.0 Å². The number of nitrogens with two attached hydrogens (primary N) is 1. The Kier molecular flexibility index (Phi) is 1.88. The molecule has 0 aromatic carbocycles. The second kappa shape index (κ2) is 2.50. The summed E-state index contributed by atoms with van der Waals surface area (Å²) in [7, 11) is 2.09. The van der Waals surface area contributed by atoms with Gasteiger partial charge in [0.05, 0.1) is 0 Å². The average Bonchev–Trinajstić information content (AvgIpc) is 1.80. The van der Waals surface area contributed by atoms with Crippen molar-refractivity contribution in [2.24, 2.45) is 5.73 Å². The Balaban J connectivity index is 2.56. The highest BCUT2D eigenvalue weighted by Crippen LogP contribution is 2.05. The maximum absolute atomic E-state index is 5.76. The largest absolute Gasteiger partial charge is 0.323 e. The molecule has 1 atom stereocenters. The van der Waals surface area contributed by atoms with E-state index >= 15 is 0 Å². The molecule has 1 aliphatic heterocycles. The van der Waals surface area contributed by atoms with Crippen LogP contribution in [-0.4, -0.2) is 31.1 Å². The SMILES string of the molecule is CC1=CCN(C)CC1N. The van der Waals surface area contributed by atoms with Crippen molar-refractivity contribution in [2.75, 3.05) is 20.1 Å². The van der Waals surface area contributed by atoms with Crippen LogP contribution in [0.1, 0.15) is 6.92 Å². The van der Waals surface area contributed by atoms with Crippen LogP contribution in [0, 0.1) is 0 Å². The van der Waals surface area contributed by atoms with Crippen LogP contribution in [0.5, 0.6) is 0 Å². The highest BCUT2D eigenvalue weighted by atomic mass is 15.1. The van der Waals surface area contributed by atoms with Gasteiger partial charge in [0.2, 0.25) is 0 Å². The molecule has 0 saturated heterocycles. The van der Waals surface area contributed by atoms with Gasteiger partial charge in [0.15, 0.2) is 0 Å². The minimum Gasteiger partial charge on any atom is -0.323 e. The predicted molar refractivity (Wildman–Crippen MR) is 39.2 cm³/mol. The van der Waals surface area contributed by atoms with Gasteiger partial charge in [-0.15, -0.1) is 0 Å². The average molecular weight is 126 g/mol. The second-order valence-electron chi connectivity index (χ2n) is 2.78. The summed E-state index contributed by atoms with van der Waals surface area (Å²) in [6.45, 7) is 4.15. The molecule has 1 unspecified atom stereocenters. The summed E-state index contributed by atoms with van der Waals surface area (Å²) < 4.78 is 0. The van der Waals surface area contributed by atoms with Gasteiger partial charge < -0.3 is 10.6 Å². The Hall–Kier alpha value is -0.340. The second-order valence-corrected chi connectivity index (χ2v) is 2.78. The van der Waals surface area contributed by atoms with Gasteiger partial charge in [0.1, 0.15) is 0 Å². The standard InChI is InChI=1S/C7H14N2/c1-6-3-4-9(2)5-7(6)8/h3,7H,4-5,8H2,1-2H3. The molecule has 0 amide bonds. The van der Waals surface area contributed by atoms with Gasteiger partial charge in [-0.1, -0.05) is 11.6 Å². The third-order valence-corrected chi connectivity index (χ3v) is 1.82. The van der Waals surface area contributed by atoms with Gasteiger partial charge in [0, 0.05) is 19.1 Å². The molecule has 1 aliphatic rings. The Morgan fingerprint density at radius 3 is 2.89 bits per heavy atom. The number of hydrogen-bond donors (Lipinski definition) is 1. The van der Waals surface area contributed by atoms with Crippen LogP contribution in [0.15, 0.2) is 11.6 Å². The van der Waals surface area contributed by atoms with Crippen LogP contribution >= 0.6 is 0 Å². The lowest BCUT2D eigenvalue weighted by atomic mass is 10.1. The van der Waals surface area contributed by atoms with E-state index in [4.69, 9.17) is 5.73 Å². The Morgan fingerprint density at radius 1 is 1.78 bits per heavy atom. The van der Waals surface area contributed by atoms with E-state index in [0.717, 1.165) is 13.1 Å². The predicted octanol–water partition coefficient (Wildman–Crippen LogP) is 0.205. The zero-order valence-electron chi connectivity index (χ0n) is 6.09. The van der Waals surface area contributed by atoms with Crippen LogP contribution in [-0.2, 0) is 0 Å². The molecule has 0 saturated carbocycles. The molecule has 2 heteroatoms. The topological polar surface area (TPSA) is 29.3 Å². The van der Waals surface area contributed by atoms with Crippen LogP contribution in [0.2, 0.25) is 0 Å². The van der Waals surface area contributed by atoms with Gasteiger partial charge in [-0.3, -0.25) is 0 Å². The molecule has 0 bridgehead atoms. The summed E-state index contributed by atoms with van der Waals surface area (Å²) in [5, 5.41) is 0. The van der Waals surface area contributed by atoms with E-state index in [1.165, 1.54) is 5.57 Å². The molecule has 1 heterocycles. The molecule has 9 heavy (non-hydrogen) atoms. The van der Waals surface area contributed by atoms with E-state index in [-0.39, 0.29) is 6.04 Å². The van der Waals surface area contributed by atoms with E-state index in [0.29, 0.717) is 0 Å². The first-order chi connectivity index (χ1) is 4.20. The summed E-state index contributed by atoms with van der Waals surface area (Å²) in [5.41, 5.74) is 7.09. The number of likely N-dealkylation sites (N-methyl/N-ethyl adjacent to an activating group) is 1. The first kappa shape index (κ1) is 6.78. The zero-order chi connectivity index (χ0) is 6.85. The third-order valence-electron chi connectivity index (χ3n) is 1.82. The van der Waals surface area contributed by atoms with Crippen molar-refractivity contribution in [3.8, 4) is 0 Å². The zero-order valence-corrected chi connectivity index (χ0v) is 6.09. The van der Waals surface area contributed by atoms with Gasteiger partial charge in [-0.2, -0.15) is 0 Å². The molecule has 0 radical (unpaired) electrons. The quantitative estimate of drug-likeness (QED) is 0.470. The fourth-order valence-electron chi connectivity index (χ4n) is 1.01. The van der Waals surface area contributed by atoms with E-state index < -0.39 is 0 Å². The van der Waals surface area contributed by atoms with E-state index in [1.54, 1.807) is 0 Å². The normalized spacial score (nSPS) is 30.1. The van der Waals surface area contributed by atoms with Crippen molar-refractivity contribution in [3.05, 3.63) is 11.6 Å². The van der Waals surface area contributed by atoms with Gasteiger partial charge in [-0.25, -0.2) is 0 Å². The molecular weight excluding hydrogens is 112 g/mol. The lowest BCUT2D eigenvalue weighted by Gasteiger charge is -2.25. The first-order valence-corrected chi connectivity index (χ1v) is 3.31.